The highest BCUT2D eigenvalue weighted by Crippen LogP contribution is 2.11. The van der Waals surface area contributed by atoms with Gasteiger partial charge in [0.05, 0.1) is 31.8 Å². The summed E-state index contributed by atoms with van der Waals surface area (Å²) in [6.07, 6.45) is 1.83. The van der Waals surface area contributed by atoms with Crippen molar-refractivity contribution < 1.29 is 20.4 Å². The molecule has 0 aliphatic carbocycles. The van der Waals surface area contributed by atoms with Crippen molar-refractivity contribution in [2.24, 2.45) is 5.41 Å². The average Bonchev–Trinajstić information content (AvgIpc) is 2.44. The van der Waals surface area contributed by atoms with Gasteiger partial charge in [-0.3, -0.25) is 0 Å². The molecule has 0 radical (unpaired) electrons. The molecule has 0 atom stereocenters. The molecule has 0 aromatic heterocycles. The maximum absolute atomic E-state index is 8.50. The minimum atomic E-state index is -1.11. The molecule has 0 bridgehead atoms. The van der Waals surface area contributed by atoms with Gasteiger partial charge in [-0.2, -0.15) is 0 Å². The number of hydrogen-bond donors (Lipinski definition) is 4. The number of aliphatic hydroxyl groups is 4. The molecule has 0 fully saturated rings. The second-order valence-electron chi connectivity index (χ2n) is 3.75. The molecule has 1 aromatic rings. The molecule has 96 valence electrons. The normalized spacial score (nSPS) is 10.4. The fraction of sp³-hybridized carbons (Fsp3) is 0.385. The quantitative estimate of drug-likeness (QED) is 0.595. The topological polar surface area (TPSA) is 80.9 Å². The van der Waals surface area contributed by atoms with Crippen LogP contribution >= 0.6 is 0 Å². The molecular formula is C13H20O4. The van der Waals surface area contributed by atoms with E-state index in [-0.39, 0.29) is 0 Å². The maximum atomic E-state index is 8.50. The summed E-state index contributed by atoms with van der Waals surface area (Å²) in [5.41, 5.74) is 0.0625. The summed E-state index contributed by atoms with van der Waals surface area (Å²) in [5.74, 6) is 0. The Balaban J connectivity index is 0.000000302. The van der Waals surface area contributed by atoms with E-state index in [0.29, 0.717) is 0 Å². The predicted octanol–water partition coefficient (Wildman–Crippen LogP) is 0.272. The van der Waals surface area contributed by atoms with Gasteiger partial charge >= 0.3 is 0 Å². The van der Waals surface area contributed by atoms with E-state index >= 15 is 0 Å². The van der Waals surface area contributed by atoms with Gasteiger partial charge in [-0.25, -0.2) is 0 Å². The smallest absolute Gasteiger partial charge is 0.0627 e. The third-order valence-electron chi connectivity index (χ3n) is 2.38. The van der Waals surface area contributed by atoms with Gasteiger partial charge in [0.15, 0.2) is 0 Å². The van der Waals surface area contributed by atoms with Crippen LogP contribution < -0.4 is 0 Å². The van der Waals surface area contributed by atoms with E-state index in [4.69, 9.17) is 20.4 Å². The van der Waals surface area contributed by atoms with Crippen molar-refractivity contribution in [2.45, 2.75) is 0 Å². The molecule has 0 heterocycles. The van der Waals surface area contributed by atoms with Crippen LogP contribution in [-0.4, -0.2) is 46.9 Å². The summed E-state index contributed by atoms with van der Waals surface area (Å²) in [5, 5.41) is 34.0. The molecule has 0 unspecified atom stereocenters. The van der Waals surface area contributed by atoms with E-state index in [1.165, 1.54) is 5.56 Å². The van der Waals surface area contributed by atoms with Crippen molar-refractivity contribution >= 4 is 6.08 Å². The van der Waals surface area contributed by atoms with Crippen molar-refractivity contribution in [1.29, 1.82) is 0 Å². The third kappa shape index (κ3) is 5.60. The highest BCUT2D eigenvalue weighted by atomic mass is 16.3. The Morgan fingerprint density at radius 1 is 0.882 bits per heavy atom. The summed E-state index contributed by atoms with van der Waals surface area (Å²) in [6, 6.07) is 10.0. The van der Waals surface area contributed by atoms with Crippen LogP contribution in [0.5, 0.6) is 0 Å². The Hall–Kier alpha value is -1.20. The summed E-state index contributed by atoms with van der Waals surface area (Å²) in [7, 11) is 0. The Bertz CT molecular complexity index is 276. The predicted molar refractivity (Wildman–Crippen MR) is 67.3 cm³/mol. The zero-order valence-electron chi connectivity index (χ0n) is 9.79. The maximum Gasteiger partial charge on any atom is 0.0627 e. The lowest BCUT2D eigenvalue weighted by molar-refractivity contribution is -0.0328. The van der Waals surface area contributed by atoms with Gasteiger partial charge in [-0.1, -0.05) is 43.0 Å². The zero-order valence-corrected chi connectivity index (χ0v) is 9.79. The van der Waals surface area contributed by atoms with Crippen LogP contribution in [0.15, 0.2) is 36.9 Å². The minimum Gasteiger partial charge on any atom is -0.396 e. The molecule has 4 heteroatoms. The van der Waals surface area contributed by atoms with E-state index in [9.17, 15) is 0 Å². The van der Waals surface area contributed by atoms with Gasteiger partial charge < -0.3 is 20.4 Å². The van der Waals surface area contributed by atoms with Crippen LogP contribution in [-0.2, 0) is 0 Å². The molecular weight excluding hydrogens is 220 g/mol. The van der Waals surface area contributed by atoms with Crippen LogP contribution in [0.2, 0.25) is 0 Å². The molecule has 4 N–H and O–H groups in total. The molecule has 0 spiro atoms. The van der Waals surface area contributed by atoms with Crippen molar-refractivity contribution in [3.05, 3.63) is 42.5 Å². The third-order valence-corrected chi connectivity index (χ3v) is 2.38. The number of rotatable bonds is 5. The van der Waals surface area contributed by atoms with Gasteiger partial charge in [0.25, 0.3) is 0 Å². The number of aliphatic hydroxyl groups excluding tert-OH is 4. The highest BCUT2D eigenvalue weighted by molar-refractivity contribution is 5.45. The van der Waals surface area contributed by atoms with E-state index in [1.54, 1.807) is 0 Å². The largest absolute Gasteiger partial charge is 0.396 e. The summed E-state index contributed by atoms with van der Waals surface area (Å²) in [6.45, 7) is 2.01. The van der Waals surface area contributed by atoms with Crippen LogP contribution in [0.4, 0.5) is 0 Å². The molecule has 0 aliphatic rings. The Morgan fingerprint density at radius 3 is 1.47 bits per heavy atom. The van der Waals surface area contributed by atoms with Gasteiger partial charge in [0, 0.05) is 0 Å². The molecule has 1 rings (SSSR count). The lowest BCUT2D eigenvalue weighted by atomic mass is 9.93. The molecule has 17 heavy (non-hydrogen) atoms. The first-order valence-electron chi connectivity index (χ1n) is 5.29. The lowest BCUT2D eigenvalue weighted by Gasteiger charge is -2.23. The van der Waals surface area contributed by atoms with Gasteiger partial charge in [0.2, 0.25) is 0 Å². The van der Waals surface area contributed by atoms with E-state index in [0.717, 1.165) is 0 Å². The number of benzene rings is 1. The first-order chi connectivity index (χ1) is 8.17. The summed E-state index contributed by atoms with van der Waals surface area (Å²) >= 11 is 0. The van der Waals surface area contributed by atoms with Crippen LogP contribution in [0.1, 0.15) is 5.56 Å². The zero-order chi connectivity index (χ0) is 13.1. The van der Waals surface area contributed by atoms with E-state index < -0.39 is 31.8 Å². The fourth-order valence-electron chi connectivity index (χ4n) is 0.889. The summed E-state index contributed by atoms with van der Waals surface area (Å²) in [4.78, 5) is 0. The molecule has 0 aliphatic heterocycles. The molecule has 0 amide bonds. The minimum absolute atomic E-state index is 0.406. The van der Waals surface area contributed by atoms with Gasteiger partial charge in [-0.15, -0.1) is 0 Å². The first kappa shape index (κ1) is 15.8. The monoisotopic (exact) mass is 240 g/mol. The second-order valence-corrected chi connectivity index (χ2v) is 3.75. The van der Waals surface area contributed by atoms with Crippen LogP contribution in [0, 0.1) is 5.41 Å². The van der Waals surface area contributed by atoms with Gasteiger partial charge in [-0.05, 0) is 5.56 Å². The van der Waals surface area contributed by atoms with Crippen molar-refractivity contribution in [3.8, 4) is 0 Å². The highest BCUT2D eigenvalue weighted by Gasteiger charge is 2.26. The molecule has 0 saturated carbocycles. The number of hydrogen-bond acceptors (Lipinski definition) is 4. The van der Waals surface area contributed by atoms with Crippen LogP contribution in [0.3, 0.4) is 0 Å². The second kappa shape index (κ2) is 8.90. The van der Waals surface area contributed by atoms with Crippen molar-refractivity contribution in [1.82, 2.24) is 0 Å². The fourth-order valence-corrected chi connectivity index (χ4v) is 0.889. The van der Waals surface area contributed by atoms with E-state index in [1.807, 2.05) is 36.4 Å². The van der Waals surface area contributed by atoms with E-state index in [2.05, 4.69) is 6.58 Å². The van der Waals surface area contributed by atoms with Crippen molar-refractivity contribution in [2.75, 3.05) is 26.4 Å². The molecule has 4 nitrogen and oxygen atoms in total. The lowest BCUT2D eigenvalue weighted by Crippen LogP contribution is -2.37. The Morgan fingerprint density at radius 2 is 1.29 bits per heavy atom. The Kier molecular flexibility index (Phi) is 8.27. The van der Waals surface area contributed by atoms with Crippen LogP contribution in [0.25, 0.3) is 6.08 Å². The van der Waals surface area contributed by atoms with Gasteiger partial charge in [0.1, 0.15) is 0 Å². The Labute approximate surface area is 101 Å². The first-order valence-corrected chi connectivity index (χ1v) is 5.29. The average molecular weight is 240 g/mol. The summed E-state index contributed by atoms with van der Waals surface area (Å²) < 4.78 is 0. The standard InChI is InChI=1S/C8H8.C5H12O4/c1-2-8-6-4-3-5-7-8;6-1-5(2-7,3-8)4-9/h2-7H,1H2;6-9H,1-4H2. The van der Waals surface area contributed by atoms with Crippen molar-refractivity contribution in [3.63, 3.8) is 0 Å². The molecule has 1 aromatic carbocycles. The SMILES string of the molecule is C=Cc1ccccc1.OCC(CO)(CO)CO. The molecule has 0 saturated heterocycles.